The van der Waals surface area contributed by atoms with E-state index in [2.05, 4.69) is 5.32 Å². The first kappa shape index (κ1) is 31.8. The summed E-state index contributed by atoms with van der Waals surface area (Å²) < 4.78 is 95.2. The van der Waals surface area contributed by atoms with Gasteiger partial charge >= 0.3 is 12.1 Å². The van der Waals surface area contributed by atoms with Crippen molar-refractivity contribution in [1.29, 1.82) is 0 Å². The second kappa shape index (κ2) is 12.8. The Morgan fingerprint density at radius 1 is 1.16 bits per heavy atom. The van der Waals surface area contributed by atoms with Crippen LogP contribution in [0.25, 0.3) is 11.6 Å². The third kappa shape index (κ3) is 6.87. The summed E-state index contributed by atoms with van der Waals surface area (Å²) >= 11 is 6.21. The molecule has 44 heavy (non-hydrogen) atoms. The van der Waals surface area contributed by atoms with Crippen LogP contribution in [0.15, 0.2) is 65.6 Å². The summed E-state index contributed by atoms with van der Waals surface area (Å²) in [5.41, 5.74) is 0.106. The number of carbonyl (C=O) groups is 1. The van der Waals surface area contributed by atoms with Crippen molar-refractivity contribution < 1.29 is 40.2 Å². The number of alkyl halides is 3. The zero-order chi connectivity index (χ0) is 31.6. The Balaban J connectivity index is 1.48. The SMILES string of the molecule is C/C(=C\c1ccc2c(c1)N(S(=O)(=O)c1cccc(C(F)(F)F)c1)CC(CCOC(=O)[C@@H]1CCCN1)O2)c1c(F)cccc1Cl. The van der Waals surface area contributed by atoms with E-state index in [0.29, 0.717) is 30.2 Å². The fourth-order valence-corrected chi connectivity index (χ4v) is 7.09. The van der Waals surface area contributed by atoms with E-state index < -0.39 is 50.6 Å². The molecule has 0 aliphatic carbocycles. The average Bonchev–Trinajstić information content (AvgIpc) is 3.52. The van der Waals surface area contributed by atoms with E-state index in [-0.39, 0.29) is 41.6 Å². The lowest BCUT2D eigenvalue weighted by atomic mass is 10.0. The molecule has 7 nitrogen and oxygen atoms in total. The summed E-state index contributed by atoms with van der Waals surface area (Å²) in [6.45, 7) is 2.07. The number of halogens is 5. The first-order chi connectivity index (χ1) is 20.8. The molecule has 13 heteroatoms. The molecule has 1 unspecified atom stereocenters. The lowest BCUT2D eigenvalue weighted by molar-refractivity contribution is -0.146. The van der Waals surface area contributed by atoms with Crippen LogP contribution in [-0.2, 0) is 25.7 Å². The number of ether oxygens (including phenoxy) is 2. The van der Waals surface area contributed by atoms with Gasteiger partial charge in [0.1, 0.15) is 23.7 Å². The molecule has 2 atom stereocenters. The second-order valence-electron chi connectivity index (χ2n) is 10.6. The van der Waals surface area contributed by atoms with Gasteiger partial charge in [0.25, 0.3) is 10.0 Å². The topological polar surface area (TPSA) is 84.9 Å². The van der Waals surface area contributed by atoms with Gasteiger partial charge in [-0.15, -0.1) is 0 Å². The van der Waals surface area contributed by atoms with Crippen LogP contribution in [-0.4, -0.2) is 46.2 Å². The number of nitrogens with one attached hydrogen (secondary N) is 1. The van der Waals surface area contributed by atoms with Gasteiger partial charge in [-0.3, -0.25) is 9.10 Å². The quantitative estimate of drug-likeness (QED) is 0.166. The number of sulfonamides is 1. The van der Waals surface area contributed by atoms with Gasteiger partial charge in [0.15, 0.2) is 0 Å². The van der Waals surface area contributed by atoms with Gasteiger partial charge in [0.2, 0.25) is 0 Å². The molecule has 5 rings (SSSR count). The normalized spacial score (nSPS) is 19.0. The summed E-state index contributed by atoms with van der Waals surface area (Å²) in [5.74, 6) is -0.776. The van der Waals surface area contributed by atoms with Gasteiger partial charge in [-0.05, 0) is 79.9 Å². The zero-order valence-corrected chi connectivity index (χ0v) is 25.1. The first-order valence-electron chi connectivity index (χ1n) is 13.9. The standard InChI is InChI=1S/C31H29ClF4N2O5S/c1-19(29-24(32)7-3-8-25(29)33)15-20-10-11-28-27(16-20)38(44(40,41)23-6-2-5-21(17-23)31(34,35)36)18-22(43-28)12-14-42-30(39)26-9-4-13-37-26/h2-3,5-8,10-11,15-17,22,26,37H,4,9,12-14,18H2,1H3/b19-15+/t22?,26-/m0/s1. The Bertz CT molecular complexity index is 1670. The van der Waals surface area contributed by atoms with Crippen molar-refractivity contribution in [3.63, 3.8) is 0 Å². The molecule has 0 saturated carbocycles. The van der Waals surface area contributed by atoms with Crippen molar-refractivity contribution in [2.45, 2.75) is 49.4 Å². The highest BCUT2D eigenvalue weighted by molar-refractivity contribution is 7.92. The molecular formula is C31H29ClF4N2O5S. The molecule has 0 bridgehead atoms. The van der Waals surface area contributed by atoms with Crippen LogP contribution in [0.1, 0.15) is 42.9 Å². The minimum absolute atomic E-state index is 0.0438. The smallest absolute Gasteiger partial charge is 0.416 e. The molecule has 3 aromatic carbocycles. The van der Waals surface area contributed by atoms with Crippen LogP contribution in [0.5, 0.6) is 5.75 Å². The third-order valence-electron chi connectivity index (χ3n) is 7.43. The van der Waals surface area contributed by atoms with Gasteiger partial charge in [-0.1, -0.05) is 35.9 Å². The van der Waals surface area contributed by atoms with E-state index in [4.69, 9.17) is 21.1 Å². The van der Waals surface area contributed by atoms with Crippen LogP contribution in [0, 0.1) is 5.82 Å². The number of carbonyl (C=O) groups excluding carboxylic acids is 1. The Morgan fingerprint density at radius 2 is 1.93 bits per heavy atom. The van der Waals surface area contributed by atoms with E-state index in [1.807, 2.05) is 0 Å². The summed E-state index contributed by atoms with van der Waals surface area (Å²) in [6, 6.07) is 12.1. The molecule has 2 heterocycles. The largest absolute Gasteiger partial charge is 0.486 e. The van der Waals surface area contributed by atoms with Gasteiger partial charge in [0, 0.05) is 12.0 Å². The van der Waals surface area contributed by atoms with Crippen molar-refractivity contribution in [3.8, 4) is 5.75 Å². The molecule has 3 aromatic rings. The third-order valence-corrected chi connectivity index (χ3v) is 9.52. The lowest BCUT2D eigenvalue weighted by Gasteiger charge is -2.35. The maximum atomic E-state index is 14.5. The predicted octanol–water partition coefficient (Wildman–Crippen LogP) is 6.70. The molecule has 0 aromatic heterocycles. The minimum Gasteiger partial charge on any atom is -0.486 e. The maximum Gasteiger partial charge on any atom is 0.416 e. The molecule has 2 aliphatic heterocycles. The Kier molecular flexibility index (Phi) is 9.24. The number of allylic oxidation sites excluding steroid dienone is 1. The summed E-state index contributed by atoms with van der Waals surface area (Å²) in [4.78, 5) is 11.8. The van der Waals surface area contributed by atoms with Crippen LogP contribution in [0.2, 0.25) is 5.02 Å². The summed E-state index contributed by atoms with van der Waals surface area (Å²) in [5, 5.41) is 3.24. The number of rotatable bonds is 8. The van der Waals surface area contributed by atoms with Crippen LogP contribution in [0.4, 0.5) is 23.2 Å². The number of hydrogen-bond acceptors (Lipinski definition) is 6. The number of fused-ring (bicyclic) bond motifs is 1. The Morgan fingerprint density at radius 3 is 2.64 bits per heavy atom. The van der Waals surface area contributed by atoms with Crippen LogP contribution >= 0.6 is 11.6 Å². The van der Waals surface area contributed by atoms with E-state index >= 15 is 0 Å². The zero-order valence-electron chi connectivity index (χ0n) is 23.5. The molecule has 2 aliphatic rings. The van der Waals surface area contributed by atoms with Crippen molar-refractivity contribution >= 4 is 44.9 Å². The minimum atomic E-state index is -4.75. The van der Waals surface area contributed by atoms with E-state index in [9.17, 15) is 30.8 Å². The van der Waals surface area contributed by atoms with E-state index in [1.54, 1.807) is 25.1 Å². The number of anilines is 1. The predicted molar refractivity (Wildman–Crippen MR) is 158 cm³/mol. The fraction of sp³-hybridized carbons (Fsp3) is 0.323. The molecule has 1 N–H and O–H groups in total. The molecule has 1 saturated heterocycles. The monoisotopic (exact) mass is 652 g/mol. The Hall–Kier alpha value is -3.61. The molecule has 1 fully saturated rings. The number of benzene rings is 3. The number of hydrogen-bond donors (Lipinski definition) is 1. The van der Waals surface area contributed by atoms with Crippen molar-refractivity contribution in [3.05, 3.63) is 88.2 Å². The van der Waals surface area contributed by atoms with Crippen LogP contribution < -0.4 is 14.4 Å². The number of nitrogens with zero attached hydrogens (tertiary/aromatic N) is 1. The van der Waals surface area contributed by atoms with Crippen LogP contribution in [0.3, 0.4) is 0 Å². The fourth-order valence-electron chi connectivity index (χ4n) is 5.23. The molecule has 234 valence electrons. The first-order valence-corrected chi connectivity index (χ1v) is 15.7. The maximum absolute atomic E-state index is 14.5. The van der Waals surface area contributed by atoms with Crippen molar-refractivity contribution in [1.82, 2.24) is 5.32 Å². The van der Waals surface area contributed by atoms with Gasteiger partial charge in [-0.25, -0.2) is 12.8 Å². The molecule has 0 spiro atoms. The van der Waals surface area contributed by atoms with Crippen molar-refractivity contribution in [2.24, 2.45) is 0 Å². The summed E-state index contributed by atoms with van der Waals surface area (Å²) in [7, 11) is -4.52. The van der Waals surface area contributed by atoms with E-state index in [0.717, 1.165) is 28.9 Å². The second-order valence-corrected chi connectivity index (χ2v) is 12.8. The Labute approximate surface area is 257 Å². The van der Waals surface area contributed by atoms with Gasteiger partial charge < -0.3 is 14.8 Å². The highest BCUT2D eigenvalue weighted by Crippen LogP contribution is 2.40. The average molecular weight is 653 g/mol. The highest BCUT2D eigenvalue weighted by atomic mass is 35.5. The highest BCUT2D eigenvalue weighted by Gasteiger charge is 2.37. The van der Waals surface area contributed by atoms with E-state index in [1.165, 1.54) is 24.3 Å². The molecule has 0 radical (unpaired) electrons. The lowest BCUT2D eigenvalue weighted by Crippen LogP contribution is -2.44. The molecular weight excluding hydrogens is 624 g/mol. The van der Waals surface area contributed by atoms with Crippen molar-refractivity contribution in [2.75, 3.05) is 24.0 Å². The van der Waals surface area contributed by atoms with Gasteiger partial charge in [0.05, 0.1) is 34.3 Å². The summed E-state index contributed by atoms with van der Waals surface area (Å²) in [6.07, 6.45) is -2.25. The number of esters is 1. The van der Waals surface area contributed by atoms with Gasteiger partial charge in [-0.2, -0.15) is 13.2 Å². The molecule has 0 amide bonds.